The lowest BCUT2D eigenvalue weighted by atomic mass is 10.1. The maximum Gasteiger partial charge on any atom is 0.419 e. The molecule has 3 N–H and O–H groups in total. The lowest BCUT2D eigenvalue weighted by Crippen LogP contribution is -2.68. The monoisotopic (exact) mass is 303 g/mol. The molecule has 2 unspecified atom stereocenters. The van der Waals surface area contributed by atoms with Crippen molar-refractivity contribution in [2.75, 3.05) is 32.8 Å². The van der Waals surface area contributed by atoms with Crippen LogP contribution in [-0.4, -0.2) is 65.8 Å². The maximum atomic E-state index is 12.2. The van der Waals surface area contributed by atoms with Crippen molar-refractivity contribution in [2.24, 2.45) is 0 Å². The van der Waals surface area contributed by atoms with Gasteiger partial charge in [0.1, 0.15) is 0 Å². The number of hydrogen-bond donors (Lipinski definition) is 3. The summed E-state index contributed by atoms with van der Waals surface area (Å²) < 4.78 is 4.81. The molecule has 0 aromatic carbocycles. The van der Waals surface area contributed by atoms with Crippen LogP contribution in [0.2, 0.25) is 0 Å². The molecule has 1 aliphatic rings. The summed E-state index contributed by atoms with van der Waals surface area (Å²) in [4.78, 5) is 24.1. The van der Waals surface area contributed by atoms with Gasteiger partial charge in [0, 0.05) is 19.6 Å². The van der Waals surface area contributed by atoms with Gasteiger partial charge in [0.25, 0.3) is 0 Å². The van der Waals surface area contributed by atoms with E-state index in [-0.39, 0.29) is 30.3 Å². The summed E-state index contributed by atoms with van der Waals surface area (Å²) in [5.74, 6) is -0.486. The van der Waals surface area contributed by atoms with E-state index in [1.54, 1.807) is 0 Å². The molecular formula is C14H27N2O5+. The van der Waals surface area contributed by atoms with E-state index in [9.17, 15) is 14.7 Å². The Balaban J connectivity index is 2.64. The Bertz CT molecular complexity index is 350. The molecule has 1 saturated heterocycles. The molecule has 0 aliphatic carbocycles. The third-order valence-corrected chi connectivity index (χ3v) is 3.79. The fourth-order valence-corrected chi connectivity index (χ4v) is 2.47. The topological polar surface area (TPSA) is 95.9 Å². The Morgan fingerprint density at radius 3 is 2.81 bits per heavy atom. The molecule has 0 aromatic heterocycles. The van der Waals surface area contributed by atoms with Crippen molar-refractivity contribution in [3.8, 4) is 0 Å². The van der Waals surface area contributed by atoms with E-state index in [0.29, 0.717) is 32.4 Å². The van der Waals surface area contributed by atoms with E-state index in [2.05, 4.69) is 5.32 Å². The van der Waals surface area contributed by atoms with Crippen LogP contribution in [0.25, 0.3) is 0 Å². The van der Waals surface area contributed by atoms with Gasteiger partial charge in [-0.1, -0.05) is 13.3 Å². The third kappa shape index (κ3) is 4.94. The molecule has 1 fully saturated rings. The minimum Gasteiger partial charge on any atom is -0.462 e. The highest BCUT2D eigenvalue weighted by Gasteiger charge is 2.47. The molecule has 122 valence electrons. The smallest absolute Gasteiger partial charge is 0.419 e. The number of nitrogens with zero attached hydrogens (tertiary/aromatic N) is 1. The summed E-state index contributed by atoms with van der Waals surface area (Å²) in [6, 6.07) is -0.311. The number of quaternary nitrogens is 1. The molecule has 0 saturated carbocycles. The average molecular weight is 303 g/mol. The highest BCUT2D eigenvalue weighted by Crippen LogP contribution is 2.21. The number of unbranched alkanes of at least 4 members (excludes halogenated alkanes) is 2. The lowest BCUT2D eigenvalue weighted by Gasteiger charge is -2.41. The summed E-state index contributed by atoms with van der Waals surface area (Å²) in [5, 5.41) is 21.6. The fraction of sp³-hybridized carbons (Fsp3) is 0.857. The first kappa shape index (κ1) is 17.9. The second-order valence-electron chi connectivity index (χ2n) is 5.42. The van der Waals surface area contributed by atoms with Crippen molar-refractivity contribution in [3.63, 3.8) is 0 Å². The number of aliphatic hydroxyl groups excluding tert-OH is 2. The van der Waals surface area contributed by atoms with Crippen LogP contribution in [0.4, 0.5) is 4.79 Å². The minimum absolute atomic E-state index is 0.0647. The molecule has 0 bridgehead atoms. The molecular weight excluding hydrogens is 276 g/mol. The van der Waals surface area contributed by atoms with Crippen LogP contribution in [0.5, 0.6) is 0 Å². The first-order valence-corrected chi connectivity index (χ1v) is 7.66. The lowest BCUT2D eigenvalue weighted by molar-refractivity contribution is -0.896. The number of carbonyl (C=O) groups is 2. The Labute approximate surface area is 125 Å². The fourth-order valence-electron chi connectivity index (χ4n) is 2.47. The number of hydrogen-bond acceptors (Lipinski definition) is 5. The number of esters is 1. The standard InChI is InChI=1S/C14H26N2O5/c1-2-3-8-16(12(18)6-7-15-14(16)20)11-13(19)21-10-5-4-9-17/h12,17-18H,2-11H2,1H3/p+1. The summed E-state index contributed by atoms with van der Waals surface area (Å²) in [7, 11) is 0. The van der Waals surface area contributed by atoms with Gasteiger partial charge in [0.05, 0.1) is 13.2 Å². The Hall–Kier alpha value is -1.18. The van der Waals surface area contributed by atoms with E-state index in [0.717, 1.165) is 12.8 Å². The summed E-state index contributed by atoms with van der Waals surface area (Å²) >= 11 is 0. The van der Waals surface area contributed by atoms with Crippen molar-refractivity contribution in [3.05, 3.63) is 0 Å². The van der Waals surface area contributed by atoms with Gasteiger partial charge in [0.2, 0.25) is 6.23 Å². The van der Waals surface area contributed by atoms with Crippen LogP contribution in [-0.2, 0) is 9.53 Å². The van der Waals surface area contributed by atoms with E-state index < -0.39 is 12.2 Å². The number of rotatable bonds is 9. The van der Waals surface area contributed by atoms with E-state index >= 15 is 0 Å². The van der Waals surface area contributed by atoms with Gasteiger partial charge >= 0.3 is 12.0 Å². The van der Waals surface area contributed by atoms with Crippen LogP contribution < -0.4 is 5.32 Å². The first-order chi connectivity index (χ1) is 10.1. The third-order valence-electron chi connectivity index (χ3n) is 3.79. The number of ether oxygens (including phenoxy) is 1. The zero-order chi connectivity index (χ0) is 15.7. The van der Waals surface area contributed by atoms with Gasteiger partial charge in [-0.3, -0.25) is 0 Å². The maximum absolute atomic E-state index is 12.2. The Morgan fingerprint density at radius 2 is 2.19 bits per heavy atom. The van der Waals surface area contributed by atoms with Gasteiger partial charge in [-0.05, 0) is 19.3 Å². The van der Waals surface area contributed by atoms with Crippen LogP contribution in [0.15, 0.2) is 0 Å². The van der Waals surface area contributed by atoms with Gasteiger partial charge < -0.3 is 20.3 Å². The molecule has 7 heteroatoms. The van der Waals surface area contributed by atoms with Gasteiger partial charge in [0.15, 0.2) is 6.54 Å². The quantitative estimate of drug-likeness (QED) is 0.324. The normalized spacial score (nSPS) is 25.5. The van der Waals surface area contributed by atoms with Crippen molar-refractivity contribution >= 4 is 12.0 Å². The molecule has 2 amide bonds. The molecule has 21 heavy (non-hydrogen) atoms. The van der Waals surface area contributed by atoms with E-state index in [1.165, 1.54) is 0 Å². The van der Waals surface area contributed by atoms with Crippen LogP contribution in [0.1, 0.15) is 39.0 Å². The van der Waals surface area contributed by atoms with Gasteiger partial charge in [-0.2, -0.15) is 0 Å². The number of nitrogens with one attached hydrogen (secondary N) is 1. The molecule has 1 rings (SSSR count). The Kier molecular flexibility index (Phi) is 7.63. The summed E-state index contributed by atoms with van der Waals surface area (Å²) in [5.41, 5.74) is 0. The van der Waals surface area contributed by atoms with Crippen LogP contribution >= 0.6 is 0 Å². The molecule has 7 nitrogen and oxygen atoms in total. The number of carbonyl (C=O) groups excluding carboxylic acids is 2. The zero-order valence-corrected chi connectivity index (χ0v) is 12.7. The highest BCUT2D eigenvalue weighted by molar-refractivity contribution is 5.75. The van der Waals surface area contributed by atoms with Crippen LogP contribution in [0.3, 0.4) is 0 Å². The highest BCUT2D eigenvalue weighted by atomic mass is 16.5. The van der Waals surface area contributed by atoms with E-state index in [4.69, 9.17) is 9.84 Å². The SMILES string of the molecule is CCCC[N+]1(CC(=O)OCCCCO)C(=O)NCCC1O. The van der Waals surface area contributed by atoms with Crippen molar-refractivity contribution in [1.82, 2.24) is 5.32 Å². The predicted octanol–water partition coefficient (Wildman–Crippen LogP) is 0.351. The Morgan fingerprint density at radius 1 is 1.43 bits per heavy atom. The average Bonchev–Trinajstić information content (AvgIpc) is 2.46. The molecule has 0 spiro atoms. The second kappa shape index (κ2) is 8.96. The van der Waals surface area contributed by atoms with Gasteiger partial charge in [-0.25, -0.2) is 14.1 Å². The molecule has 1 aliphatic heterocycles. The number of aliphatic hydroxyl groups is 2. The minimum atomic E-state index is -0.865. The summed E-state index contributed by atoms with van der Waals surface area (Å²) in [6.45, 7) is 3.00. The largest absolute Gasteiger partial charge is 0.462 e. The van der Waals surface area contributed by atoms with Crippen molar-refractivity contribution in [1.29, 1.82) is 0 Å². The predicted molar refractivity (Wildman–Crippen MR) is 76.2 cm³/mol. The number of urea groups is 1. The molecule has 2 atom stereocenters. The number of amides is 2. The van der Waals surface area contributed by atoms with Crippen molar-refractivity contribution in [2.45, 2.75) is 45.3 Å². The molecule has 1 heterocycles. The van der Waals surface area contributed by atoms with Gasteiger partial charge in [-0.15, -0.1) is 0 Å². The van der Waals surface area contributed by atoms with E-state index in [1.807, 2.05) is 6.92 Å². The van der Waals surface area contributed by atoms with Crippen molar-refractivity contribution < 1.29 is 29.0 Å². The zero-order valence-electron chi connectivity index (χ0n) is 12.7. The second-order valence-corrected chi connectivity index (χ2v) is 5.42. The first-order valence-electron chi connectivity index (χ1n) is 7.66. The summed E-state index contributed by atoms with van der Waals surface area (Å²) in [6.07, 6.45) is 2.37. The molecule has 0 radical (unpaired) electrons. The molecule has 0 aromatic rings. The van der Waals surface area contributed by atoms with Crippen LogP contribution in [0, 0.1) is 0 Å².